The maximum Gasteiger partial charge on any atom is 0.315 e. The van der Waals surface area contributed by atoms with E-state index < -0.39 is 5.82 Å². The number of carbonyl (C=O) groups excluding carboxylic acids is 1. The van der Waals surface area contributed by atoms with Crippen molar-refractivity contribution < 1.29 is 13.9 Å². The molecule has 2 unspecified atom stereocenters. The molecule has 7 heteroatoms. The third kappa shape index (κ3) is 3.44. The highest BCUT2D eigenvalue weighted by molar-refractivity contribution is 5.79. The largest absolute Gasteiger partial charge is 0.373 e. The van der Waals surface area contributed by atoms with E-state index in [1.807, 2.05) is 0 Å². The van der Waals surface area contributed by atoms with Gasteiger partial charge in [-0.3, -0.25) is 4.79 Å². The van der Waals surface area contributed by atoms with Crippen LogP contribution in [-0.2, 0) is 11.3 Å². The molecule has 1 aromatic heterocycles. The van der Waals surface area contributed by atoms with Gasteiger partial charge in [-0.15, -0.1) is 0 Å². The third-order valence-corrected chi connectivity index (χ3v) is 5.43. The number of aromatic amines is 1. The molecule has 1 aliphatic carbocycles. The fraction of sp³-hybridized carbons (Fsp3) is 0.474. The number of hydrogen-bond acceptors (Lipinski definition) is 3. The van der Waals surface area contributed by atoms with E-state index in [2.05, 4.69) is 15.6 Å². The van der Waals surface area contributed by atoms with Crippen LogP contribution in [0.5, 0.6) is 0 Å². The molecule has 2 amide bonds. The molecule has 3 N–H and O–H groups in total. The van der Waals surface area contributed by atoms with Crippen molar-refractivity contribution in [2.24, 2.45) is 5.92 Å². The second-order valence-electron chi connectivity index (χ2n) is 7.35. The van der Waals surface area contributed by atoms with E-state index in [0.717, 1.165) is 31.3 Å². The van der Waals surface area contributed by atoms with Crippen molar-refractivity contribution in [3.8, 4) is 0 Å². The second kappa shape index (κ2) is 6.72. The van der Waals surface area contributed by atoms with Crippen molar-refractivity contribution in [2.45, 2.75) is 37.8 Å². The average Bonchev–Trinajstić information content (AvgIpc) is 2.92. The standard InChI is InChI=1S/C19H22FN3O3/c20-15-4-3-13-6-14(17(24)23-16(13)7-15)9-21-18(25)22-11-19-5-1-2-12(8-19)10-26-19/h3-4,6-7,12H,1-2,5,8-11H2,(H,23,24)(H2,21,22,25). The summed E-state index contributed by atoms with van der Waals surface area (Å²) < 4.78 is 19.2. The van der Waals surface area contributed by atoms with E-state index in [0.29, 0.717) is 23.5 Å². The number of hydrogen-bond donors (Lipinski definition) is 3. The summed E-state index contributed by atoms with van der Waals surface area (Å²) in [5, 5.41) is 6.30. The summed E-state index contributed by atoms with van der Waals surface area (Å²) in [7, 11) is 0. The molecule has 2 aliphatic rings. The van der Waals surface area contributed by atoms with Crippen LogP contribution in [0.15, 0.2) is 29.1 Å². The Morgan fingerprint density at radius 3 is 3.12 bits per heavy atom. The van der Waals surface area contributed by atoms with E-state index in [-0.39, 0.29) is 23.7 Å². The van der Waals surface area contributed by atoms with Crippen LogP contribution in [0.2, 0.25) is 0 Å². The number of rotatable bonds is 4. The van der Waals surface area contributed by atoms with Crippen molar-refractivity contribution in [1.29, 1.82) is 0 Å². The number of fused-ring (bicyclic) bond motifs is 3. The summed E-state index contributed by atoms with van der Waals surface area (Å²) in [6.07, 6.45) is 4.34. The molecule has 26 heavy (non-hydrogen) atoms. The summed E-state index contributed by atoms with van der Waals surface area (Å²) in [5.74, 6) is 0.214. The normalized spacial score (nSPS) is 24.6. The summed E-state index contributed by atoms with van der Waals surface area (Å²) in [5.41, 5.74) is 0.307. The molecule has 1 aliphatic heterocycles. The average molecular weight is 359 g/mol. The molecule has 4 rings (SSSR count). The molecule has 2 heterocycles. The van der Waals surface area contributed by atoms with Crippen molar-refractivity contribution in [2.75, 3.05) is 13.2 Å². The molecule has 1 saturated carbocycles. The van der Waals surface area contributed by atoms with Gasteiger partial charge in [-0.2, -0.15) is 0 Å². The number of pyridine rings is 1. The zero-order valence-electron chi connectivity index (χ0n) is 14.4. The monoisotopic (exact) mass is 359 g/mol. The highest BCUT2D eigenvalue weighted by atomic mass is 19.1. The summed E-state index contributed by atoms with van der Waals surface area (Å²) in [4.78, 5) is 26.8. The first kappa shape index (κ1) is 17.0. The maximum atomic E-state index is 13.2. The van der Waals surface area contributed by atoms with Crippen LogP contribution in [-0.4, -0.2) is 29.8 Å². The number of amides is 2. The van der Waals surface area contributed by atoms with Crippen molar-refractivity contribution in [3.63, 3.8) is 0 Å². The molecule has 1 aromatic carbocycles. The molecule has 6 nitrogen and oxygen atoms in total. The number of benzene rings is 1. The highest BCUT2D eigenvalue weighted by Crippen LogP contribution is 2.41. The van der Waals surface area contributed by atoms with Gasteiger partial charge in [0.15, 0.2) is 0 Å². The van der Waals surface area contributed by atoms with Crippen LogP contribution >= 0.6 is 0 Å². The smallest absolute Gasteiger partial charge is 0.315 e. The fourth-order valence-corrected chi connectivity index (χ4v) is 4.05. The van der Waals surface area contributed by atoms with Gasteiger partial charge in [-0.1, -0.05) is 6.42 Å². The van der Waals surface area contributed by atoms with Gasteiger partial charge in [-0.25, -0.2) is 9.18 Å². The van der Waals surface area contributed by atoms with Crippen LogP contribution in [0.1, 0.15) is 31.2 Å². The molecule has 2 atom stereocenters. The van der Waals surface area contributed by atoms with Gasteiger partial charge in [0.25, 0.3) is 5.56 Å². The molecule has 0 spiro atoms. The Hall–Kier alpha value is -2.41. The minimum absolute atomic E-state index is 0.102. The van der Waals surface area contributed by atoms with Gasteiger partial charge in [0, 0.05) is 18.7 Å². The Bertz CT molecular complexity index is 893. The number of halogens is 1. The van der Waals surface area contributed by atoms with Crippen LogP contribution < -0.4 is 16.2 Å². The quantitative estimate of drug-likeness (QED) is 0.784. The van der Waals surface area contributed by atoms with Crippen LogP contribution in [0.4, 0.5) is 9.18 Å². The fourth-order valence-electron chi connectivity index (χ4n) is 4.05. The third-order valence-electron chi connectivity index (χ3n) is 5.43. The number of aromatic nitrogens is 1. The van der Waals surface area contributed by atoms with Crippen molar-refractivity contribution >= 4 is 16.9 Å². The Balaban J connectivity index is 1.35. The zero-order chi connectivity index (χ0) is 18.1. The second-order valence-corrected chi connectivity index (χ2v) is 7.35. The number of nitrogens with one attached hydrogen (secondary N) is 3. The summed E-state index contributed by atoms with van der Waals surface area (Å²) in [6, 6.07) is 5.55. The van der Waals surface area contributed by atoms with E-state index in [1.54, 1.807) is 12.1 Å². The lowest BCUT2D eigenvalue weighted by molar-refractivity contribution is 0.00127. The lowest BCUT2D eigenvalue weighted by atomic mass is 9.81. The van der Waals surface area contributed by atoms with E-state index >= 15 is 0 Å². The maximum absolute atomic E-state index is 13.2. The van der Waals surface area contributed by atoms with Crippen molar-refractivity contribution in [3.05, 3.63) is 46.0 Å². The first-order valence-electron chi connectivity index (χ1n) is 9.00. The SMILES string of the molecule is O=C(NCc1cc2ccc(F)cc2[nH]c1=O)NCC12CCCC(CO1)C2. The molecular weight excluding hydrogens is 337 g/mol. The lowest BCUT2D eigenvalue weighted by Crippen LogP contribution is -2.47. The van der Waals surface area contributed by atoms with Crippen LogP contribution in [0.25, 0.3) is 10.9 Å². The number of carbonyl (C=O) groups is 1. The molecular formula is C19H22FN3O3. The highest BCUT2D eigenvalue weighted by Gasteiger charge is 2.43. The predicted molar refractivity (Wildman–Crippen MR) is 95.4 cm³/mol. The van der Waals surface area contributed by atoms with Gasteiger partial charge in [-0.05, 0) is 54.8 Å². The Kier molecular flexibility index (Phi) is 4.40. The van der Waals surface area contributed by atoms with Gasteiger partial charge >= 0.3 is 6.03 Å². The van der Waals surface area contributed by atoms with Gasteiger partial charge in [0.05, 0.1) is 17.7 Å². The molecule has 2 bridgehead atoms. The minimum Gasteiger partial charge on any atom is -0.373 e. The number of ether oxygens (including phenoxy) is 1. The topological polar surface area (TPSA) is 83.2 Å². The predicted octanol–water partition coefficient (Wildman–Crippen LogP) is 2.43. The Morgan fingerprint density at radius 2 is 2.23 bits per heavy atom. The first-order valence-corrected chi connectivity index (χ1v) is 9.00. The van der Waals surface area contributed by atoms with E-state index in [1.165, 1.54) is 18.6 Å². The molecule has 138 valence electrons. The van der Waals surface area contributed by atoms with Gasteiger partial charge < -0.3 is 20.4 Å². The van der Waals surface area contributed by atoms with Crippen molar-refractivity contribution in [1.82, 2.24) is 15.6 Å². The molecule has 2 fully saturated rings. The first-order chi connectivity index (χ1) is 12.5. The van der Waals surface area contributed by atoms with Crippen LogP contribution in [0.3, 0.4) is 0 Å². The lowest BCUT2D eigenvalue weighted by Gasteiger charge is -2.31. The number of H-pyrrole nitrogens is 1. The summed E-state index contributed by atoms with van der Waals surface area (Å²) >= 11 is 0. The van der Waals surface area contributed by atoms with Crippen LogP contribution in [0, 0.1) is 11.7 Å². The Morgan fingerprint density at radius 1 is 1.35 bits per heavy atom. The van der Waals surface area contributed by atoms with Gasteiger partial charge in [0.1, 0.15) is 5.82 Å². The van der Waals surface area contributed by atoms with E-state index in [9.17, 15) is 14.0 Å². The molecule has 2 aromatic rings. The van der Waals surface area contributed by atoms with E-state index in [4.69, 9.17) is 4.74 Å². The summed E-state index contributed by atoms with van der Waals surface area (Å²) in [6.45, 7) is 1.38. The van der Waals surface area contributed by atoms with Gasteiger partial charge in [0.2, 0.25) is 0 Å². The molecule has 0 radical (unpaired) electrons. The Labute approximate surface area is 150 Å². The molecule has 1 saturated heterocycles. The zero-order valence-corrected chi connectivity index (χ0v) is 14.4. The number of urea groups is 1. The minimum atomic E-state index is -0.406.